The molecule has 1 aliphatic rings. The zero-order valence-corrected chi connectivity index (χ0v) is 21.2. The van der Waals surface area contributed by atoms with Gasteiger partial charge in [0.15, 0.2) is 0 Å². The molecular weight excluding hydrogens is 382 g/mol. The number of nitrogens with zero attached hydrogens (tertiary/aromatic N) is 2. The molecule has 2 atom stereocenters. The zero-order valence-electron chi connectivity index (χ0n) is 21.2. The van der Waals surface area contributed by atoms with Gasteiger partial charge in [0, 0.05) is 19.2 Å². The predicted octanol–water partition coefficient (Wildman–Crippen LogP) is 7.61. The largest absolute Gasteiger partial charge is 0.341 e. The van der Waals surface area contributed by atoms with E-state index in [1.54, 1.807) is 0 Å². The number of carbonyl (C=O) groups is 1. The third kappa shape index (κ3) is 14.7. The van der Waals surface area contributed by atoms with Crippen LogP contribution in [0.3, 0.4) is 0 Å². The van der Waals surface area contributed by atoms with Gasteiger partial charge in [-0.15, -0.1) is 0 Å². The summed E-state index contributed by atoms with van der Waals surface area (Å²) in [6, 6.07) is 0. The van der Waals surface area contributed by atoms with Crippen molar-refractivity contribution < 1.29 is 4.79 Å². The Hall–Kier alpha value is -0.900. The summed E-state index contributed by atoms with van der Waals surface area (Å²) in [5, 5.41) is 3.21. The lowest BCUT2D eigenvalue weighted by Gasteiger charge is -2.30. The molecule has 0 aromatic carbocycles. The van der Waals surface area contributed by atoms with E-state index < -0.39 is 0 Å². The molecule has 182 valence electrons. The summed E-state index contributed by atoms with van der Waals surface area (Å²) in [6.07, 6.45) is 26.5. The maximum atomic E-state index is 12.4. The minimum absolute atomic E-state index is 0.0765. The van der Waals surface area contributed by atoms with E-state index in [-0.39, 0.29) is 18.2 Å². The Balaban J connectivity index is 2.06. The number of rotatable bonds is 21. The number of unbranched alkanes of at least 4 members (excludes halogenated alkanes) is 15. The predicted molar refractivity (Wildman–Crippen MR) is 136 cm³/mol. The number of aliphatic imine (C=N–C) groups is 1. The van der Waals surface area contributed by atoms with Crippen LogP contribution in [0.2, 0.25) is 0 Å². The van der Waals surface area contributed by atoms with E-state index in [9.17, 15) is 4.79 Å². The van der Waals surface area contributed by atoms with Crippen molar-refractivity contribution >= 4 is 12.1 Å². The number of hydrogen-bond donors (Lipinski definition) is 1. The molecule has 0 spiro atoms. The van der Waals surface area contributed by atoms with Gasteiger partial charge in [0.1, 0.15) is 6.17 Å². The minimum atomic E-state index is 0.0765. The van der Waals surface area contributed by atoms with Crippen molar-refractivity contribution in [3.05, 3.63) is 0 Å². The van der Waals surface area contributed by atoms with E-state index >= 15 is 0 Å². The first-order valence-electron chi connectivity index (χ1n) is 13.8. The van der Waals surface area contributed by atoms with Crippen LogP contribution in [0.5, 0.6) is 0 Å². The third-order valence-electron chi connectivity index (χ3n) is 6.64. The summed E-state index contributed by atoms with van der Waals surface area (Å²) in [5.41, 5.74) is 0. The molecule has 1 aliphatic heterocycles. The van der Waals surface area contributed by atoms with Crippen LogP contribution >= 0.6 is 0 Å². The normalized spacial score (nSPS) is 17.3. The molecule has 1 heterocycles. The summed E-state index contributed by atoms with van der Waals surface area (Å²) in [7, 11) is 0. The van der Waals surface area contributed by atoms with E-state index in [0.29, 0.717) is 6.42 Å². The quantitative estimate of drug-likeness (QED) is 0.188. The summed E-state index contributed by atoms with van der Waals surface area (Å²) < 4.78 is 0. The second-order valence-corrected chi connectivity index (χ2v) is 9.59. The van der Waals surface area contributed by atoms with Crippen molar-refractivity contribution in [3.8, 4) is 0 Å². The van der Waals surface area contributed by atoms with Crippen molar-refractivity contribution in [1.82, 2.24) is 10.2 Å². The maximum absolute atomic E-state index is 12.4. The summed E-state index contributed by atoms with van der Waals surface area (Å²) >= 11 is 0. The minimum Gasteiger partial charge on any atom is -0.341 e. The van der Waals surface area contributed by atoms with E-state index in [1.807, 2.05) is 6.21 Å². The van der Waals surface area contributed by atoms with Crippen molar-refractivity contribution in [2.75, 3.05) is 6.54 Å². The third-order valence-corrected chi connectivity index (χ3v) is 6.64. The Labute approximate surface area is 194 Å². The monoisotopic (exact) mass is 435 g/mol. The molecule has 1 rings (SSSR count). The molecule has 0 aromatic heterocycles. The van der Waals surface area contributed by atoms with Gasteiger partial charge in [-0.25, -0.2) is 0 Å². The Morgan fingerprint density at radius 2 is 1.32 bits per heavy atom. The molecule has 0 fully saturated rings. The van der Waals surface area contributed by atoms with Crippen molar-refractivity contribution in [1.29, 1.82) is 0 Å². The van der Waals surface area contributed by atoms with Gasteiger partial charge in [-0.3, -0.25) is 14.7 Å². The first-order valence-corrected chi connectivity index (χ1v) is 13.8. The average molecular weight is 436 g/mol. The molecule has 0 saturated carbocycles. The smallest absolute Gasteiger partial charge is 0.221 e. The number of amides is 1. The first kappa shape index (κ1) is 28.1. The highest BCUT2D eigenvalue weighted by Crippen LogP contribution is 2.18. The summed E-state index contributed by atoms with van der Waals surface area (Å²) in [4.78, 5) is 19.4. The van der Waals surface area contributed by atoms with Crippen molar-refractivity contribution in [2.45, 2.75) is 155 Å². The van der Waals surface area contributed by atoms with Crippen LogP contribution in [0.25, 0.3) is 0 Å². The molecule has 0 aromatic rings. The fraction of sp³-hybridized carbons (Fsp3) is 0.926. The van der Waals surface area contributed by atoms with Crippen LogP contribution in [0.4, 0.5) is 0 Å². The van der Waals surface area contributed by atoms with Crippen LogP contribution in [-0.4, -0.2) is 35.9 Å². The van der Waals surface area contributed by atoms with Gasteiger partial charge in [0.25, 0.3) is 0 Å². The lowest BCUT2D eigenvalue weighted by atomic mass is 10.1. The first-order chi connectivity index (χ1) is 15.2. The fourth-order valence-electron chi connectivity index (χ4n) is 4.57. The Morgan fingerprint density at radius 1 is 0.839 bits per heavy atom. The molecule has 4 nitrogen and oxygen atoms in total. The van der Waals surface area contributed by atoms with Gasteiger partial charge in [-0.2, -0.15) is 0 Å². The van der Waals surface area contributed by atoms with Crippen LogP contribution in [-0.2, 0) is 4.79 Å². The average Bonchev–Trinajstić information content (AvgIpc) is 3.23. The van der Waals surface area contributed by atoms with Gasteiger partial charge >= 0.3 is 0 Å². The topological polar surface area (TPSA) is 44.7 Å². The Bertz CT molecular complexity index is 452. The molecule has 1 amide bonds. The molecule has 1 N–H and O–H groups in total. The lowest BCUT2D eigenvalue weighted by Crippen LogP contribution is -2.48. The second-order valence-electron chi connectivity index (χ2n) is 9.59. The van der Waals surface area contributed by atoms with Crippen molar-refractivity contribution in [3.63, 3.8) is 0 Å². The zero-order chi connectivity index (χ0) is 22.6. The molecule has 0 saturated heterocycles. The van der Waals surface area contributed by atoms with Crippen LogP contribution in [0, 0.1) is 0 Å². The molecular formula is C27H53N3O. The second kappa shape index (κ2) is 19.8. The van der Waals surface area contributed by atoms with Gasteiger partial charge < -0.3 is 5.32 Å². The number of carbonyl (C=O) groups excluding carboxylic acids is 1. The maximum Gasteiger partial charge on any atom is 0.221 e. The van der Waals surface area contributed by atoms with E-state index in [2.05, 4.69) is 36.0 Å². The summed E-state index contributed by atoms with van der Waals surface area (Å²) in [5.74, 6) is 0.202. The van der Waals surface area contributed by atoms with E-state index in [0.717, 1.165) is 19.4 Å². The highest BCUT2D eigenvalue weighted by molar-refractivity contribution is 5.76. The van der Waals surface area contributed by atoms with Crippen LogP contribution in [0.15, 0.2) is 4.99 Å². The molecule has 31 heavy (non-hydrogen) atoms. The Kier molecular flexibility index (Phi) is 17.9. The molecule has 0 aliphatic carbocycles. The van der Waals surface area contributed by atoms with Gasteiger partial charge in [0.05, 0.1) is 6.17 Å². The van der Waals surface area contributed by atoms with Gasteiger partial charge in [0.2, 0.25) is 5.91 Å². The number of hydrogen-bond acceptors (Lipinski definition) is 3. The SMILES string of the molecule is CCCCCCCCCCCC(=O)NC(C)N1CC=NC1CCCCCCCCCC. The van der Waals surface area contributed by atoms with Crippen molar-refractivity contribution in [2.24, 2.45) is 4.99 Å². The fourth-order valence-corrected chi connectivity index (χ4v) is 4.57. The molecule has 0 radical (unpaired) electrons. The highest BCUT2D eigenvalue weighted by atomic mass is 16.1. The molecule has 2 unspecified atom stereocenters. The highest BCUT2D eigenvalue weighted by Gasteiger charge is 2.26. The summed E-state index contributed by atoms with van der Waals surface area (Å²) in [6.45, 7) is 7.51. The van der Waals surface area contributed by atoms with Gasteiger partial charge in [-0.1, -0.05) is 110 Å². The van der Waals surface area contributed by atoms with Crippen LogP contribution < -0.4 is 5.32 Å². The van der Waals surface area contributed by atoms with E-state index in [1.165, 1.54) is 103 Å². The number of nitrogens with one attached hydrogen (secondary N) is 1. The lowest BCUT2D eigenvalue weighted by molar-refractivity contribution is -0.123. The molecule has 0 bridgehead atoms. The molecule has 4 heteroatoms. The van der Waals surface area contributed by atoms with Gasteiger partial charge in [-0.05, 0) is 26.2 Å². The Morgan fingerprint density at radius 3 is 1.87 bits per heavy atom. The van der Waals surface area contributed by atoms with Crippen LogP contribution in [0.1, 0.15) is 143 Å². The standard InChI is InChI=1S/C27H53N3O/c1-4-6-8-10-12-14-16-18-20-22-27(31)29-25(3)30-24-23-28-26(30)21-19-17-15-13-11-9-7-5-2/h23,25-26H,4-22,24H2,1-3H3,(H,29,31). The van der Waals surface area contributed by atoms with E-state index in [4.69, 9.17) is 0 Å².